The van der Waals surface area contributed by atoms with Crippen molar-refractivity contribution in [1.29, 1.82) is 0 Å². The number of nitrogens with one attached hydrogen (secondary N) is 2. The predicted molar refractivity (Wildman–Crippen MR) is 205 cm³/mol. The summed E-state index contributed by atoms with van der Waals surface area (Å²) in [5.74, 6) is -0.569. The number of fused-ring (bicyclic) bond motifs is 1. The fourth-order valence-corrected chi connectivity index (χ4v) is 8.95. The second-order valence-corrected chi connectivity index (χ2v) is 19.5. The number of aliphatic hydroxyl groups excluding tert-OH is 2. The average molecular weight is 908 g/mol. The van der Waals surface area contributed by atoms with Gasteiger partial charge in [0.15, 0.2) is 22.8 Å². The Morgan fingerprint density at radius 1 is 1.03 bits per heavy atom. The lowest BCUT2D eigenvalue weighted by molar-refractivity contribution is -0.137. The van der Waals surface area contributed by atoms with Gasteiger partial charge in [0.05, 0.1) is 19.5 Å². The van der Waals surface area contributed by atoms with Crippen molar-refractivity contribution in [2.45, 2.75) is 96.9 Å². The van der Waals surface area contributed by atoms with E-state index in [4.69, 9.17) is 19.5 Å². The number of unbranched alkanes of at least 4 members (excludes halogenated alkanes) is 1. The topological polar surface area (TPSA) is 364 Å². The summed E-state index contributed by atoms with van der Waals surface area (Å²) in [7, 11) is -16.4. The fraction of sp³-hybridized carbons (Fsp3) is 0.733. The zero-order chi connectivity index (χ0) is 43.5. The highest BCUT2D eigenvalue weighted by molar-refractivity contribution is 8.13. The number of aliphatic hydroxyl groups is 2. The molecule has 0 aromatic carbocycles. The molecule has 0 bridgehead atoms. The molecule has 2 aromatic rings. The van der Waals surface area contributed by atoms with Gasteiger partial charge in [-0.3, -0.25) is 32.5 Å². The van der Waals surface area contributed by atoms with Crippen molar-refractivity contribution in [3.05, 3.63) is 12.7 Å². The number of nitrogens with zero attached hydrogens (tertiary/aromatic N) is 4. The molecule has 28 heteroatoms. The van der Waals surface area contributed by atoms with Gasteiger partial charge >= 0.3 is 23.5 Å². The van der Waals surface area contributed by atoms with Gasteiger partial charge in [0, 0.05) is 37.1 Å². The van der Waals surface area contributed by atoms with Crippen LogP contribution in [-0.2, 0) is 50.7 Å². The fourth-order valence-electron chi connectivity index (χ4n) is 5.43. The van der Waals surface area contributed by atoms with Crippen molar-refractivity contribution < 1.29 is 80.5 Å². The number of hydrogen-bond donors (Lipinski definition) is 9. The molecule has 1 aliphatic rings. The third-order valence-electron chi connectivity index (χ3n) is 8.66. The van der Waals surface area contributed by atoms with Crippen molar-refractivity contribution in [2.24, 2.45) is 11.3 Å². The molecule has 58 heavy (non-hydrogen) atoms. The minimum atomic E-state index is -5.57. The van der Waals surface area contributed by atoms with Gasteiger partial charge in [-0.1, -0.05) is 58.7 Å². The van der Waals surface area contributed by atoms with Crippen LogP contribution in [0.3, 0.4) is 0 Å². The summed E-state index contributed by atoms with van der Waals surface area (Å²) in [5.41, 5.74) is 4.27. The molecular formula is C30H52N7O17P3S. The van der Waals surface area contributed by atoms with Crippen LogP contribution in [0.2, 0.25) is 0 Å². The van der Waals surface area contributed by atoms with E-state index in [1.165, 1.54) is 13.8 Å². The molecule has 330 valence electrons. The van der Waals surface area contributed by atoms with Crippen molar-refractivity contribution in [3.63, 3.8) is 0 Å². The molecule has 3 rings (SSSR count). The smallest absolute Gasteiger partial charge is 0.386 e. The van der Waals surface area contributed by atoms with E-state index in [0.717, 1.165) is 54.7 Å². The van der Waals surface area contributed by atoms with Gasteiger partial charge < -0.3 is 50.9 Å². The third kappa shape index (κ3) is 15.9. The molecule has 24 nitrogen and oxygen atoms in total. The number of thioether (sulfide) groups is 1. The van der Waals surface area contributed by atoms with E-state index in [0.29, 0.717) is 18.1 Å². The number of carbonyl (C=O) groups excluding carboxylic acids is 3. The lowest BCUT2D eigenvalue weighted by atomic mass is 9.87. The Morgan fingerprint density at radius 2 is 1.72 bits per heavy atom. The van der Waals surface area contributed by atoms with Gasteiger partial charge in [0.1, 0.15) is 36.3 Å². The van der Waals surface area contributed by atoms with Gasteiger partial charge in [0.25, 0.3) is 0 Å². The molecule has 0 saturated carbocycles. The Labute approximate surface area is 337 Å². The normalized spacial score (nSPS) is 21.9. The summed E-state index contributed by atoms with van der Waals surface area (Å²) >= 11 is 1.14. The molecule has 0 radical (unpaired) electrons. The number of aromatic nitrogens is 4. The number of nitrogen functional groups attached to an aromatic ring is 1. The van der Waals surface area contributed by atoms with Crippen LogP contribution in [0.15, 0.2) is 12.7 Å². The maximum Gasteiger partial charge on any atom is 0.481 e. The molecule has 0 spiro atoms. The van der Waals surface area contributed by atoms with E-state index in [1.807, 2.05) is 0 Å². The van der Waals surface area contributed by atoms with E-state index in [2.05, 4.69) is 48.3 Å². The van der Waals surface area contributed by atoms with Gasteiger partial charge in [-0.25, -0.2) is 28.6 Å². The molecule has 2 amide bonds. The van der Waals surface area contributed by atoms with E-state index >= 15 is 0 Å². The average Bonchev–Trinajstić information content (AvgIpc) is 3.69. The monoisotopic (exact) mass is 907 g/mol. The van der Waals surface area contributed by atoms with Crippen LogP contribution in [0.1, 0.15) is 72.4 Å². The first-order valence-corrected chi connectivity index (χ1v) is 23.5. The molecule has 8 atom stereocenters. The SMILES string of the molecule is CCCCC(C)CCC(=O)SCCNC(=O)CCNC(=O)C(O)C(C)(C)COP(=O)(O)OP(=O)(O)OCC1OC(n2cnc3c(N)ncnc32)C(O)C1OP(=O)(O)O. The van der Waals surface area contributed by atoms with Crippen LogP contribution in [0.25, 0.3) is 11.2 Å². The summed E-state index contributed by atoms with van der Waals surface area (Å²) in [4.78, 5) is 87.8. The predicted octanol–water partition coefficient (Wildman–Crippen LogP) is 1.27. The molecule has 1 fully saturated rings. The number of anilines is 1. The van der Waals surface area contributed by atoms with Crippen LogP contribution >= 0.6 is 35.2 Å². The van der Waals surface area contributed by atoms with Crippen LogP contribution in [-0.4, -0.2) is 123 Å². The van der Waals surface area contributed by atoms with Crippen molar-refractivity contribution in [1.82, 2.24) is 30.2 Å². The van der Waals surface area contributed by atoms with Crippen LogP contribution in [0, 0.1) is 11.3 Å². The first-order valence-electron chi connectivity index (χ1n) is 18.0. The highest BCUT2D eigenvalue weighted by Crippen LogP contribution is 2.61. The number of hydrogen-bond acceptors (Lipinski definition) is 18. The molecule has 8 unspecified atom stereocenters. The standard InChI is InChI=1S/C30H52N7O17P3S/c1-5-6-7-18(2)8-9-21(39)58-13-12-32-20(38)10-11-33-28(42)25(41)30(3,4)15-51-57(48,49)54-56(46,47)50-14-19-24(53-55(43,44)45)23(40)29(52-19)37-17-36-22-26(31)34-16-35-27(22)37/h16-19,23-25,29,40-41H,5-15H2,1-4H3,(H,32,38)(H,33,42)(H,46,47)(H,48,49)(H2,31,34,35)(H2,43,44,45). The number of amides is 2. The number of nitrogens with two attached hydrogens (primary N) is 1. The third-order valence-corrected chi connectivity index (χ3v) is 12.7. The second kappa shape index (κ2) is 21.9. The van der Waals surface area contributed by atoms with Gasteiger partial charge in [-0.05, 0) is 12.3 Å². The molecule has 1 aliphatic heterocycles. The molecule has 10 N–H and O–H groups in total. The zero-order valence-corrected chi connectivity index (χ0v) is 35.7. The number of ether oxygens (including phenoxy) is 1. The minimum absolute atomic E-state index is 0.0323. The van der Waals surface area contributed by atoms with Gasteiger partial charge in [-0.2, -0.15) is 4.31 Å². The number of phosphoric acid groups is 3. The van der Waals surface area contributed by atoms with Crippen LogP contribution in [0.4, 0.5) is 5.82 Å². The molecule has 2 aromatic heterocycles. The van der Waals surface area contributed by atoms with E-state index < -0.39 is 84.6 Å². The zero-order valence-electron chi connectivity index (χ0n) is 32.2. The highest BCUT2D eigenvalue weighted by atomic mass is 32.2. The number of carbonyl (C=O) groups is 3. The van der Waals surface area contributed by atoms with Crippen molar-refractivity contribution in [2.75, 3.05) is 37.8 Å². The maximum absolute atomic E-state index is 12.7. The lowest BCUT2D eigenvalue weighted by Gasteiger charge is -2.30. The van der Waals surface area contributed by atoms with E-state index in [-0.39, 0.29) is 41.6 Å². The highest BCUT2D eigenvalue weighted by Gasteiger charge is 2.50. The number of phosphoric ester groups is 3. The Balaban J connectivity index is 1.45. The Bertz CT molecular complexity index is 1850. The number of imidazole rings is 1. The van der Waals surface area contributed by atoms with Gasteiger partial charge in [0.2, 0.25) is 11.8 Å². The van der Waals surface area contributed by atoms with E-state index in [1.54, 1.807) is 0 Å². The summed E-state index contributed by atoms with van der Waals surface area (Å²) in [6, 6.07) is 0. The second-order valence-electron chi connectivity index (χ2n) is 14.1. The Morgan fingerprint density at radius 3 is 2.40 bits per heavy atom. The first-order chi connectivity index (χ1) is 26.9. The molecule has 0 aliphatic carbocycles. The number of rotatable bonds is 25. The summed E-state index contributed by atoms with van der Waals surface area (Å²) in [5, 5.41) is 26.5. The van der Waals surface area contributed by atoms with Crippen molar-refractivity contribution in [3.8, 4) is 0 Å². The molecule has 1 saturated heterocycles. The Hall–Kier alpha value is -2.44. The quantitative estimate of drug-likeness (QED) is 0.0500. The summed E-state index contributed by atoms with van der Waals surface area (Å²) < 4.78 is 62.2. The summed E-state index contributed by atoms with van der Waals surface area (Å²) in [6.07, 6.45) is -2.29. The molecule has 3 heterocycles. The largest absolute Gasteiger partial charge is 0.481 e. The maximum atomic E-state index is 12.7. The van der Waals surface area contributed by atoms with Gasteiger partial charge in [-0.15, -0.1) is 0 Å². The van der Waals surface area contributed by atoms with E-state index in [9.17, 15) is 57.9 Å². The Kier molecular flexibility index (Phi) is 18.8. The first kappa shape index (κ1) is 49.9. The van der Waals surface area contributed by atoms with Crippen molar-refractivity contribution >= 4 is 69.1 Å². The summed E-state index contributed by atoms with van der Waals surface area (Å²) in [6.45, 7) is 4.79. The lowest BCUT2D eigenvalue weighted by Crippen LogP contribution is -2.46. The van der Waals surface area contributed by atoms with Crippen LogP contribution in [0.5, 0.6) is 0 Å². The molecular weight excluding hydrogens is 855 g/mol. The van der Waals surface area contributed by atoms with Crippen LogP contribution < -0.4 is 16.4 Å². The minimum Gasteiger partial charge on any atom is -0.386 e.